The average molecular weight is 491 g/mol. The molecule has 1 unspecified atom stereocenters. The lowest BCUT2D eigenvalue weighted by molar-refractivity contribution is -0.130. The molecule has 8 heteroatoms. The fourth-order valence-corrected chi connectivity index (χ4v) is 5.79. The third-order valence-corrected chi connectivity index (χ3v) is 7.92. The Hall–Kier alpha value is -3.00. The molecule has 2 saturated heterocycles. The van der Waals surface area contributed by atoms with Gasteiger partial charge in [-0.25, -0.2) is 0 Å². The molecule has 0 saturated carbocycles. The van der Waals surface area contributed by atoms with Crippen molar-refractivity contribution in [1.82, 2.24) is 19.7 Å². The van der Waals surface area contributed by atoms with E-state index in [-0.39, 0.29) is 11.2 Å². The van der Waals surface area contributed by atoms with Crippen LogP contribution in [0, 0.1) is 6.92 Å². The molecular weight excluding hydrogens is 456 g/mol. The van der Waals surface area contributed by atoms with Gasteiger partial charge in [0.1, 0.15) is 0 Å². The molecule has 1 amide bonds. The van der Waals surface area contributed by atoms with Crippen LogP contribution in [-0.4, -0.2) is 70.1 Å². The molecular formula is C27H34N6OS. The van der Waals surface area contributed by atoms with E-state index in [4.69, 9.17) is 0 Å². The number of carbonyl (C=O) groups excluding carboxylic acids is 1. The lowest BCUT2D eigenvalue weighted by Gasteiger charge is -2.37. The van der Waals surface area contributed by atoms with Crippen LogP contribution in [-0.2, 0) is 4.79 Å². The first-order chi connectivity index (χ1) is 17.1. The maximum Gasteiger partial charge on any atom is 0.236 e. The number of carbonyl (C=O) groups is 1. The Morgan fingerprint density at radius 2 is 1.49 bits per heavy atom. The Kier molecular flexibility index (Phi) is 7.27. The Bertz CT molecular complexity index is 1120. The summed E-state index contributed by atoms with van der Waals surface area (Å²) >= 11 is 1.51. The SMILES string of the molecule is Cc1ccc(-n2c(SC(C)C(=O)N3CCN(c4ccccc4)CC3)nnc2N2CCCCC2)cc1. The van der Waals surface area contributed by atoms with Gasteiger partial charge in [0.15, 0.2) is 5.16 Å². The number of aryl methyl sites for hydroxylation is 1. The van der Waals surface area contributed by atoms with E-state index in [0.29, 0.717) is 0 Å². The smallest absolute Gasteiger partial charge is 0.236 e. The highest BCUT2D eigenvalue weighted by atomic mass is 32.2. The van der Waals surface area contributed by atoms with Crippen molar-refractivity contribution in [3.05, 3.63) is 60.2 Å². The fourth-order valence-electron chi connectivity index (χ4n) is 4.85. The first kappa shape index (κ1) is 23.7. The molecule has 184 valence electrons. The number of thioether (sulfide) groups is 1. The van der Waals surface area contributed by atoms with E-state index >= 15 is 0 Å². The molecule has 0 aliphatic carbocycles. The van der Waals surface area contributed by atoms with E-state index in [1.807, 2.05) is 17.9 Å². The van der Waals surface area contributed by atoms with Crippen LogP contribution in [0.4, 0.5) is 11.6 Å². The number of rotatable bonds is 6. The number of piperidine rings is 1. The summed E-state index contributed by atoms with van der Waals surface area (Å²) in [5.74, 6) is 1.05. The van der Waals surface area contributed by atoms with Crippen molar-refractivity contribution >= 4 is 29.3 Å². The van der Waals surface area contributed by atoms with Gasteiger partial charge < -0.3 is 14.7 Å². The first-order valence-corrected chi connectivity index (χ1v) is 13.5. The fraction of sp³-hybridized carbons (Fsp3) is 0.444. The number of benzene rings is 2. The molecule has 0 spiro atoms. The number of anilines is 2. The first-order valence-electron chi connectivity index (χ1n) is 12.6. The minimum atomic E-state index is -0.235. The van der Waals surface area contributed by atoms with Crippen LogP contribution in [0.3, 0.4) is 0 Å². The Balaban J connectivity index is 1.30. The zero-order valence-corrected chi connectivity index (χ0v) is 21.5. The standard InChI is InChI=1S/C27H34N6OS/c1-21-11-13-24(14-12-21)33-26(32-15-7-4-8-16-32)28-29-27(33)35-22(2)25(34)31-19-17-30(18-20-31)23-9-5-3-6-10-23/h3,5-6,9-14,22H,4,7-8,15-20H2,1-2H3. The van der Waals surface area contributed by atoms with Gasteiger partial charge in [-0.15, -0.1) is 10.2 Å². The van der Waals surface area contributed by atoms with Gasteiger partial charge in [-0.3, -0.25) is 9.36 Å². The molecule has 0 N–H and O–H groups in total. The monoisotopic (exact) mass is 490 g/mol. The summed E-state index contributed by atoms with van der Waals surface area (Å²) in [6, 6.07) is 18.9. The number of amides is 1. The number of hydrogen-bond donors (Lipinski definition) is 0. The van der Waals surface area contributed by atoms with E-state index in [9.17, 15) is 4.79 Å². The van der Waals surface area contributed by atoms with Crippen molar-refractivity contribution in [3.8, 4) is 5.69 Å². The maximum atomic E-state index is 13.4. The van der Waals surface area contributed by atoms with Crippen molar-refractivity contribution in [3.63, 3.8) is 0 Å². The second-order valence-corrected chi connectivity index (χ2v) is 10.7. The summed E-state index contributed by atoms with van der Waals surface area (Å²) in [6.45, 7) is 9.26. The molecule has 2 fully saturated rings. The molecule has 35 heavy (non-hydrogen) atoms. The highest BCUT2D eigenvalue weighted by Gasteiger charge is 2.29. The van der Waals surface area contributed by atoms with Gasteiger partial charge in [0, 0.05) is 45.0 Å². The Morgan fingerprint density at radius 1 is 0.800 bits per heavy atom. The highest BCUT2D eigenvalue weighted by Crippen LogP contribution is 2.31. The number of aromatic nitrogens is 3. The maximum absolute atomic E-state index is 13.4. The lowest BCUT2D eigenvalue weighted by atomic mass is 10.1. The van der Waals surface area contributed by atoms with Gasteiger partial charge >= 0.3 is 0 Å². The van der Waals surface area contributed by atoms with Crippen molar-refractivity contribution < 1.29 is 4.79 Å². The van der Waals surface area contributed by atoms with Crippen LogP contribution in [0.5, 0.6) is 0 Å². The zero-order valence-electron chi connectivity index (χ0n) is 20.6. The van der Waals surface area contributed by atoms with E-state index in [1.165, 1.54) is 42.3 Å². The van der Waals surface area contributed by atoms with Gasteiger partial charge in [-0.05, 0) is 57.4 Å². The highest BCUT2D eigenvalue weighted by molar-refractivity contribution is 8.00. The summed E-state index contributed by atoms with van der Waals surface area (Å²) in [7, 11) is 0. The molecule has 1 aromatic heterocycles. The number of piperazine rings is 1. The Morgan fingerprint density at radius 3 is 2.17 bits per heavy atom. The van der Waals surface area contributed by atoms with Gasteiger partial charge in [0.25, 0.3) is 0 Å². The van der Waals surface area contributed by atoms with Crippen molar-refractivity contribution in [2.24, 2.45) is 0 Å². The third kappa shape index (κ3) is 5.32. The third-order valence-electron chi connectivity index (χ3n) is 6.89. The van der Waals surface area contributed by atoms with Crippen LogP contribution in [0.25, 0.3) is 5.69 Å². The predicted octanol–water partition coefficient (Wildman–Crippen LogP) is 4.40. The van der Waals surface area contributed by atoms with E-state index in [2.05, 4.69) is 80.0 Å². The topological polar surface area (TPSA) is 57.5 Å². The van der Waals surface area contributed by atoms with E-state index in [0.717, 1.165) is 56.1 Å². The van der Waals surface area contributed by atoms with Crippen molar-refractivity contribution in [2.45, 2.75) is 43.5 Å². The lowest BCUT2D eigenvalue weighted by Crippen LogP contribution is -2.50. The van der Waals surface area contributed by atoms with Crippen molar-refractivity contribution in [2.75, 3.05) is 49.1 Å². The number of nitrogens with zero attached hydrogens (tertiary/aromatic N) is 6. The largest absolute Gasteiger partial charge is 0.368 e. The van der Waals surface area contributed by atoms with Gasteiger partial charge in [0.05, 0.1) is 10.9 Å². The van der Waals surface area contributed by atoms with Crippen LogP contribution in [0.1, 0.15) is 31.7 Å². The Labute approximate surface area is 212 Å². The normalized spacial score (nSPS) is 17.5. The molecule has 1 atom stereocenters. The van der Waals surface area contributed by atoms with Gasteiger partial charge in [-0.1, -0.05) is 47.7 Å². The average Bonchev–Trinajstić information content (AvgIpc) is 3.33. The summed E-state index contributed by atoms with van der Waals surface area (Å²) in [5.41, 5.74) is 3.48. The van der Waals surface area contributed by atoms with E-state index in [1.54, 1.807) is 0 Å². The van der Waals surface area contributed by atoms with Gasteiger partial charge in [-0.2, -0.15) is 0 Å². The number of hydrogen-bond acceptors (Lipinski definition) is 6. The van der Waals surface area contributed by atoms with Gasteiger partial charge in [0.2, 0.25) is 11.9 Å². The second-order valence-electron chi connectivity index (χ2n) is 9.41. The molecule has 2 aliphatic heterocycles. The summed E-state index contributed by atoms with van der Waals surface area (Å²) in [6.07, 6.45) is 3.61. The predicted molar refractivity (Wildman–Crippen MR) is 143 cm³/mol. The second kappa shape index (κ2) is 10.7. The minimum Gasteiger partial charge on any atom is -0.368 e. The van der Waals surface area contributed by atoms with Crippen LogP contribution >= 0.6 is 11.8 Å². The summed E-state index contributed by atoms with van der Waals surface area (Å²) in [5, 5.41) is 9.70. The molecule has 2 aromatic carbocycles. The quantitative estimate of drug-likeness (QED) is 0.478. The van der Waals surface area contributed by atoms with Crippen LogP contribution < -0.4 is 9.80 Å². The molecule has 3 heterocycles. The van der Waals surface area contributed by atoms with E-state index < -0.39 is 0 Å². The zero-order chi connectivity index (χ0) is 24.2. The molecule has 2 aliphatic rings. The summed E-state index contributed by atoms with van der Waals surface area (Å²) in [4.78, 5) is 20.0. The minimum absolute atomic E-state index is 0.167. The van der Waals surface area contributed by atoms with Crippen LogP contribution in [0.15, 0.2) is 59.8 Å². The molecule has 3 aromatic rings. The van der Waals surface area contributed by atoms with Crippen molar-refractivity contribution in [1.29, 1.82) is 0 Å². The molecule has 7 nitrogen and oxygen atoms in total. The molecule has 0 bridgehead atoms. The summed E-state index contributed by atoms with van der Waals surface area (Å²) < 4.78 is 2.13. The molecule has 5 rings (SSSR count). The number of para-hydroxylation sites is 1. The van der Waals surface area contributed by atoms with Crippen LogP contribution in [0.2, 0.25) is 0 Å². The molecule has 0 radical (unpaired) electrons.